The first kappa shape index (κ1) is 23.2. The van der Waals surface area contributed by atoms with Crippen LogP contribution in [0.15, 0.2) is 42.0 Å². The minimum atomic E-state index is -1.01. The molecule has 0 aliphatic heterocycles. The van der Waals surface area contributed by atoms with Crippen molar-refractivity contribution in [3.8, 4) is 23.0 Å². The number of hydrogen-bond donors (Lipinski definition) is 0. The summed E-state index contributed by atoms with van der Waals surface area (Å²) in [7, 11) is 7.41. The number of hydrogen-bond acceptors (Lipinski definition) is 7. The number of carbonyl (C=O) groups excluding carboxylic acids is 2. The van der Waals surface area contributed by atoms with Crippen molar-refractivity contribution in [2.24, 2.45) is 5.92 Å². The van der Waals surface area contributed by atoms with Crippen LogP contribution in [0.2, 0.25) is 0 Å². The molecule has 0 saturated heterocycles. The molecule has 2 aromatic rings. The van der Waals surface area contributed by atoms with Gasteiger partial charge in [0.1, 0.15) is 28.6 Å². The van der Waals surface area contributed by atoms with Crippen molar-refractivity contribution in [3.63, 3.8) is 0 Å². The van der Waals surface area contributed by atoms with E-state index >= 15 is 0 Å². The van der Waals surface area contributed by atoms with Gasteiger partial charge in [-0.15, -0.1) is 0 Å². The molecule has 0 aromatic heterocycles. The molecule has 7 heteroatoms. The fraction of sp³-hybridized carbons (Fsp3) is 0.360. The van der Waals surface area contributed by atoms with Gasteiger partial charge >= 0.3 is 5.97 Å². The van der Waals surface area contributed by atoms with Crippen molar-refractivity contribution >= 4 is 17.3 Å². The SMILES string of the molecule is COC(=O)C1=C(c2c(OC)cc(OC)cc2OC)[C@H](C)[C@](C)(c2ccc(OC)cc2)C1=O. The van der Waals surface area contributed by atoms with Crippen LogP contribution in [0.5, 0.6) is 23.0 Å². The van der Waals surface area contributed by atoms with Crippen molar-refractivity contribution in [1.82, 2.24) is 0 Å². The van der Waals surface area contributed by atoms with Crippen LogP contribution in [0.1, 0.15) is 25.0 Å². The highest BCUT2D eigenvalue weighted by Crippen LogP contribution is 2.54. The van der Waals surface area contributed by atoms with Gasteiger partial charge in [-0.05, 0) is 36.1 Å². The molecule has 1 aliphatic carbocycles. The van der Waals surface area contributed by atoms with Crippen molar-refractivity contribution in [1.29, 1.82) is 0 Å². The summed E-state index contributed by atoms with van der Waals surface area (Å²) < 4.78 is 26.9. The largest absolute Gasteiger partial charge is 0.497 e. The van der Waals surface area contributed by atoms with E-state index in [9.17, 15) is 9.59 Å². The lowest BCUT2D eigenvalue weighted by atomic mass is 9.71. The lowest BCUT2D eigenvalue weighted by Gasteiger charge is -2.30. The molecule has 0 fully saturated rings. The van der Waals surface area contributed by atoms with Crippen LogP contribution in [0.4, 0.5) is 0 Å². The van der Waals surface area contributed by atoms with Gasteiger partial charge in [0.15, 0.2) is 5.78 Å². The van der Waals surface area contributed by atoms with Crippen molar-refractivity contribution in [2.45, 2.75) is 19.3 Å². The second-order valence-electron chi connectivity index (χ2n) is 7.67. The van der Waals surface area contributed by atoms with Gasteiger partial charge in [-0.1, -0.05) is 19.1 Å². The van der Waals surface area contributed by atoms with Crippen LogP contribution in [0.3, 0.4) is 0 Å². The first-order valence-corrected chi connectivity index (χ1v) is 10.1. The predicted molar refractivity (Wildman–Crippen MR) is 120 cm³/mol. The van der Waals surface area contributed by atoms with Gasteiger partial charge in [0.2, 0.25) is 0 Å². The van der Waals surface area contributed by atoms with E-state index < -0.39 is 17.3 Å². The fourth-order valence-corrected chi connectivity index (χ4v) is 4.32. The summed E-state index contributed by atoms with van der Waals surface area (Å²) in [4.78, 5) is 26.7. The van der Waals surface area contributed by atoms with E-state index in [4.69, 9.17) is 23.7 Å². The van der Waals surface area contributed by atoms with Gasteiger partial charge in [-0.3, -0.25) is 4.79 Å². The van der Waals surface area contributed by atoms with Gasteiger partial charge in [0, 0.05) is 12.1 Å². The van der Waals surface area contributed by atoms with Gasteiger partial charge < -0.3 is 23.7 Å². The molecule has 0 N–H and O–H groups in total. The van der Waals surface area contributed by atoms with Gasteiger partial charge in [-0.25, -0.2) is 4.79 Å². The third-order valence-corrected chi connectivity index (χ3v) is 6.33. The Morgan fingerprint density at radius 3 is 1.81 bits per heavy atom. The summed E-state index contributed by atoms with van der Waals surface area (Å²) in [6.45, 7) is 3.75. The number of benzene rings is 2. The summed E-state index contributed by atoms with van der Waals surface area (Å²) in [5.74, 6) is 0.639. The quantitative estimate of drug-likeness (QED) is 0.478. The minimum Gasteiger partial charge on any atom is -0.497 e. The number of ketones is 1. The van der Waals surface area contributed by atoms with E-state index in [1.165, 1.54) is 28.4 Å². The van der Waals surface area contributed by atoms with Crippen LogP contribution in [-0.4, -0.2) is 47.3 Å². The molecule has 170 valence electrons. The molecule has 0 unspecified atom stereocenters. The monoisotopic (exact) mass is 440 g/mol. The summed E-state index contributed by atoms with van der Waals surface area (Å²) in [6, 6.07) is 10.7. The molecule has 0 amide bonds. The topological polar surface area (TPSA) is 80.3 Å². The van der Waals surface area contributed by atoms with Crippen LogP contribution in [0, 0.1) is 5.92 Å². The lowest BCUT2D eigenvalue weighted by Crippen LogP contribution is -2.35. The number of esters is 1. The van der Waals surface area contributed by atoms with Crippen LogP contribution < -0.4 is 18.9 Å². The molecule has 32 heavy (non-hydrogen) atoms. The molecule has 0 heterocycles. The third kappa shape index (κ3) is 3.47. The molecule has 0 spiro atoms. The Hall–Kier alpha value is -3.48. The summed E-state index contributed by atoms with van der Waals surface area (Å²) in [5, 5.41) is 0. The molecule has 0 radical (unpaired) electrons. The van der Waals surface area contributed by atoms with Crippen molar-refractivity contribution in [2.75, 3.05) is 35.5 Å². The second-order valence-corrected chi connectivity index (χ2v) is 7.67. The van der Waals surface area contributed by atoms with Gasteiger partial charge in [-0.2, -0.15) is 0 Å². The zero-order valence-corrected chi connectivity index (χ0v) is 19.4. The molecule has 3 rings (SSSR count). The predicted octanol–water partition coefficient (Wildman–Crippen LogP) is 3.82. The normalized spacial score (nSPS) is 20.2. The Bertz CT molecular complexity index is 1040. The molecule has 7 nitrogen and oxygen atoms in total. The summed E-state index contributed by atoms with van der Waals surface area (Å²) in [5.41, 5.74) is 0.769. The van der Waals surface area contributed by atoms with E-state index in [0.717, 1.165) is 5.56 Å². The zero-order valence-electron chi connectivity index (χ0n) is 19.4. The highest BCUT2D eigenvalue weighted by atomic mass is 16.5. The number of methoxy groups -OCH3 is 5. The molecule has 2 aromatic carbocycles. The van der Waals surface area contributed by atoms with E-state index in [2.05, 4.69) is 0 Å². The molecule has 2 atom stereocenters. The standard InChI is InChI=1S/C25H28O7/c1-14-20(21-18(30-5)12-17(29-4)13-19(21)31-6)22(24(27)32-7)23(26)25(14,2)15-8-10-16(28-3)11-9-15/h8-14H,1-7H3/t14-,25+/m0/s1. The van der Waals surface area contributed by atoms with Crippen LogP contribution in [0.25, 0.3) is 5.57 Å². The van der Waals surface area contributed by atoms with Crippen LogP contribution in [-0.2, 0) is 19.7 Å². The van der Waals surface area contributed by atoms with E-state index in [0.29, 0.717) is 34.1 Å². The third-order valence-electron chi connectivity index (χ3n) is 6.33. The van der Waals surface area contributed by atoms with Gasteiger partial charge in [0.05, 0.1) is 46.5 Å². The second kappa shape index (κ2) is 8.94. The maximum atomic E-state index is 13.8. The van der Waals surface area contributed by atoms with Gasteiger partial charge in [0.25, 0.3) is 0 Å². The molecule has 0 bridgehead atoms. The average Bonchev–Trinajstić information content (AvgIpc) is 3.03. The number of allylic oxidation sites excluding steroid dienone is 1. The van der Waals surface area contributed by atoms with E-state index in [1.54, 1.807) is 31.4 Å². The Labute approximate surface area is 187 Å². The highest BCUT2D eigenvalue weighted by Gasteiger charge is 2.53. The molecular weight excluding hydrogens is 412 g/mol. The van der Waals surface area contributed by atoms with E-state index in [-0.39, 0.29) is 11.4 Å². The molecule has 0 saturated carbocycles. The number of Topliss-reactive ketones (excluding diaryl/α,β-unsaturated/α-hetero) is 1. The lowest BCUT2D eigenvalue weighted by molar-refractivity contribution is -0.138. The average molecular weight is 440 g/mol. The number of carbonyl (C=O) groups is 2. The minimum absolute atomic E-state index is 0.0138. The zero-order chi connectivity index (χ0) is 23.6. The van der Waals surface area contributed by atoms with Crippen LogP contribution >= 0.6 is 0 Å². The maximum Gasteiger partial charge on any atom is 0.341 e. The maximum absolute atomic E-state index is 13.8. The first-order valence-electron chi connectivity index (χ1n) is 10.1. The molecular formula is C25H28O7. The Morgan fingerprint density at radius 2 is 1.38 bits per heavy atom. The Kier molecular flexibility index (Phi) is 6.48. The summed E-state index contributed by atoms with van der Waals surface area (Å²) >= 11 is 0. The highest BCUT2D eigenvalue weighted by molar-refractivity contribution is 6.30. The smallest absolute Gasteiger partial charge is 0.341 e. The Balaban J connectivity index is 2.31. The molecule has 1 aliphatic rings. The van der Waals surface area contributed by atoms with Crippen molar-refractivity contribution < 1.29 is 33.3 Å². The van der Waals surface area contributed by atoms with Crippen molar-refractivity contribution in [3.05, 3.63) is 53.1 Å². The first-order chi connectivity index (χ1) is 15.3. The Morgan fingerprint density at radius 1 is 0.844 bits per heavy atom. The fourth-order valence-electron chi connectivity index (χ4n) is 4.32. The number of rotatable bonds is 7. The van der Waals surface area contributed by atoms with E-state index in [1.807, 2.05) is 26.0 Å². The summed E-state index contributed by atoms with van der Waals surface area (Å²) in [6.07, 6.45) is 0. The number of ether oxygens (including phenoxy) is 5.